The molecule has 2 bridgehead atoms. The van der Waals surface area contributed by atoms with E-state index in [1.807, 2.05) is 13.8 Å². The molecule has 0 amide bonds. The molecule has 4 nitrogen and oxygen atoms in total. The molecule has 0 aliphatic carbocycles. The average molecular weight is 248 g/mol. The van der Waals surface area contributed by atoms with Crippen LogP contribution >= 0.6 is 0 Å². The zero-order valence-corrected chi connectivity index (χ0v) is 11.3. The molecule has 1 aromatic rings. The van der Waals surface area contributed by atoms with E-state index in [9.17, 15) is 4.79 Å². The van der Waals surface area contributed by atoms with Crippen LogP contribution in [0.1, 0.15) is 55.7 Å². The first kappa shape index (κ1) is 11.9. The zero-order chi connectivity index (χ0) is 12.9. The van der Waals surface area contributed by atoms with Crippen molar-refractivity contribution in [2.45, 2.75) is 64.6 Å². The molecule has 2 aliphatic heterocycles. The zero-order valence-electron chi connectivity index (χ0n) is 11.3. The minimum Gasteiger partial charge on any atom is -0.361 e. The molecule has 0 N–H and O–H groups in total. The Morgan fingerprint density at radius 2 is 1.89 bits per heavy atom. The summed E-state index contributed by atoms with van der Waals surface area (Å²) in [5.74, 6) is 1.35. The second-order valence-electron chi connectivity index (χ2n) is 5.69. The molecule has 98 valence electrons. The second-order valence-corrected chi connectivity index (χ2v) is 5.69. The van der Waals surface area contributed by atoms with Crippen LogP contribution in [0, 0.1) is 13.8 Å². The smallest absolute Gasteiger partial charge is 0.138 e. The maximum Gasteiger partial charge on any atom is 0.138 e. The number of Topliss-reactive ketones (excluding diaryl/α,β-unsaturated/α-hetero) is 1. The van der Waals surface area contributed by atoms with Crippen LogP contribution in [0.4, 0.5) is 0 Å². The van der Waals surface area contributed by atoms with Gasteiger partial charge in [0.05, 0.1) is 5.69 Å². The van der Waals surface area contributed by atoms with Crippen LogP contribution in [-0.4, -0.2) is 27.9 Å². The van der Waals surface area contributed by atoms with Gasteiger partial charge in [-0.2, -0.15) is 0 Å². The van der Waals surface area contributed by atoms with Gasteiger partial charge in [0.1, 0.15) is 11.5 Å². The number of carbonyl (C=O) groups is 1. The summed E-state index contributed by atoms with van der Waals surface area (Å²) in [5, 5.41) is 4.05. The van der Waals surface area contributed by atoms with Crippen LogP contribution in [0.25, 0.3) is 0 Å². The van der Waals surface area contributed by atoms with Gasteiger partial charge in [0.2, 0.25) is 0 Å². The molecular formula is C14H20N2O2. The van der Waals surface area contributed by atoms with Gasteiger partial charge >= 0.3 is 0 Å². The van der Waals surface area contributed by atoms with Crippen molar-refractivity contribution >= 4 is 5.78 Å². The van der Waals surface area contributed by atoms with Gasteiger partial charge in [-0.1, -0.05) is 5.16 Å². The number of carbonyl (C=O) groups excluding carboxylic acids is 1. The lowest BCUT2D eigenvalue weighted by Gasteiger charge is -2.38. The van der Waals surface area contributed by atoms with Gasteiger partial charge in [0.15, 0.2) is 0 Å². The van der Waals surface area contributed by atoms with Crippen molar-refractivity contribution in [2.24, 2.45) is 0 Å². The Morgan fingerprint density at radius 3 is 2.39 bits per heavy atom. The van der Waals surface area contributed by atoms with Crippen molar-refractivity contribution in [1.29, 1.82) is 0 Å². The second kappa shape index (κ2) is 4.19. The number of rotatable bonds is 2. The molecule has 3 atom stereocenters. The highest BCUT2D eigenvalue weighted by molar-refractivity contribution is 5.81. The first-order valence-corrected chi connectivity index (χ1v) is 6.80. The van der Waals surface area contributed by atoms with Crippen molar-refractivity contribution in [1.82, 2.24) is 10.1 Å². The van der Waals surface area contributed by atoms with Gasteiger partial charge in [0.25, 0.3) is 0 Å². The number of hydrogen-bond donors (Lipinski definition) is 0. The van der Waals surface area contributed by atoms with Crippen LogP contribution in [0.2, 0.25) is 0 Å². The Morgan fingerprint density at radius 1 is 1.28 bits per heavy atom. The summed E-state index contributed by atoms with van der Waals surface area (Å²) in [5.41, 5.74) is 2.19. The summed E-state index contributed by atoms with van der Waals surface area (Å²) < 4.78 is 5.28. The first-order valence-electron chi connectivity index (χ1n) is 6.80. The van der Waals surface area contributed by atoms with Gasteiger partial charge in [-0.15, -0.1) is 0 Å². The number of piperidine rings is 1. The van der Waals surface area contributed by atoms with Gasteiger partial charge in [0, 0.05) is 36.5 Å². The SMILES string of the molecule is Cc1noc(C)c1C(C)N1C2CCC1CC(=O)C2. The van der Waals surface area contributed by atoms with Crippen molar-refractivity contribution < 1.29 is 9.32 Å². The third-order valence-corrected chi connectivity index (χ3v) is 4.56. The number of nitrogens with zero attached hydrogens (tertiary/aromatic N) is 2. The lowest BCUT2D eigenvalue weighted by atomic mass is 9.96. The van der Waals surface area contributed by atoms with E-state index in [-0.39, 0.29) is 0 Å². The van der Waals surface area contributed by atoms with E-state index in [0.717, 1.165) is 37.1 Å². The largest absolute Gasteiger partial charge is 0.361 e. The predicted molar refractivity (Wildman–Crippen MR) is 67.3 cm³/mol. The molecule has 0 saturated carbocycles. The minimum atomic E-state index is 0.307. The van der Waals surface area contributed by atoms with Crippen LogP contribution in [0.5, 0.6) is 0 Å². The van der Waals surface area contributed by atoms with Crippen LogP contribution < -0.4 is 0 Å². The summed E-state index contributed by atoms with van der Waals surface area (Å²) >= 11 is 0. The molecule has 0 spiro atoms. The Bertz CT molecular complexity index is 445. The maximum absolute atomic E-state index is 11.7. The van der Waals surface area contributed by atoms with Crippen LogP contribution in [-0.2, 0) is 4.79 Å². The number of fused-ring (bicyclic) bond motifs is 2. The summed E-state index contributed by atoms with van der Waals surface area (Å²) in [6.07, 6.45) is 3.77. The van der Waals surface area contributed by atoms with E-state index in [1.165, 1.54) is 5.56 Å². The summed E-state index contributed by atoms with van der Waals surface area (Å²) in [6.45, 7) is 6.19. The van der Waals surface area contributed by atoms with Gasteiger partial charge in [-0.3, -0.25) is 9.69 Å². The van der Waals surface area contributed by atoms with Gasteiger partial charge in [-0.05, 0) is 33.6 Å². The fraction of sp³-hybridized carbons (Fsp3) is 0.714. The molecule has 3 unspecified atom stereocenters. The highest BCUT2D eigenvalue weighted by Gasteiger charge is 2.43. The highest BCUT2D eigenvalue weighted by Crippen LogP contribution is 2.41. The minimum absolute atomic E-state index is 0.307. The molecule has 2 aliphatic rings. The summed E-state index contributed by atoms with van der Waals surface area (Å²) in [6, 6.07) is 1.17. The van der Waals surface area contributed by atoms with E-state index >= 15 is 0 Å². The van der Waals surface area contributed by atoms with Crippen molar-refractivity contribution in [2.75, 3.05) is 0 Å². The van der Waals surface area contributed by atoms with E-state index in [1.54, 1.807) is 0 Å². The fourth-order valence-corrected chi connectivity index (χ4v) is 3.87. The number of aryl methyl sites for hydroxylation is 2. The maximum atomic E-state index is 11.7. The Kier molecular flexibility index (Phi) is 2.77. The molecule has 4 heteroatoms. The van der Waals surface area contributed by atoms with E-state index < -0.39 is 0 Å². The normalized spacial score (nSPS) is 29.8. The van der Waals surface area contributed by atoms with Crippen molar-refractivity contribution in [3.63, 3.8) is 0 Å². The van der Waals surface area contributed by atoms with Crippen molar-refractivity contribution in [3.05, 3.63) is 17.0 Å². The topological polar surface area (TPSA) is 46.3 Å². The predicted octanol–water partition coefficient (Wildman–Crippen LogP) is 2.55. The third-order valence-electron chi connectivity index (χ3n) is 4.56. The summed E-state index contributed by atoms with van der Waals surface area (Å²) in [7, 11) is 0. The first-order chi connectivity index (χ1) is 8.58. The Hall–Kier alpha value is -1.16. The average Bonchev–Trinajstić information content (AvgIpc) is 2.77. The molecule has 0 aromatic carbocycles. The van der Waals surface area contributed by atoms with E-state index in [4.69, 9.17) is 4.52 Å². The molecule has 2 saturated heterocycles. The lowest BCUT2D eigenvalue weighted by molar-refractivity contribution is -0.124. The standard InChI is InChI=1S/C14H20N2O2/c1-8-14(10(3)18-15-8)9(2)16-11-4-5-12(16)7-13(17)6-11/h9,11-12H,4-7H2,1-3H3. The fourth-order valence-electron chi connectivity index (χ4n) is 3.87. The van der Waals surface area contributed by atoms with E-state index in [0.29, 0.717) is 23.9 Å². The highest BCUT2D eigenvalue weighted by atomic mass is 16.5. The van der Waals surface area contributed by atoms with Crippen molar-refractivity contribution in [3.8, 4) is 0 Å². The Balaban J connectivity index is 1.90. The molecule has 3 rings (SSSR count). The number of ketones is 1. The molecule has 3 heterocycles. The lowest BCUT2D eigenvalue weighted by Crippen LogP contribution is -2.44. The molecular weight excluding hydrogens is 228 g/mol. The Labute approximate surface area is 107 Å². The van der Waals surface area contributed by atoms with Gasteiger partial charge < -0.3 is 4.52 Å². The monoisotopic (exact) mass is 248 g/mol. The molecule has 18 heavy (non-hydrogen) atoms. The molecule has 1 aromatic heterocycles. The summed E-state index contributed by atoms with van der Waals surface area (Å²) in [4.78, 5) is 14.2. The van der Waals surface area contributed by atoms with Crippen LogP contribution in [0.3, 0.4) is 0 Å². The third kappa shape index (κ3) is 1.70. The number of hydrogen-bond acceptors (Lipinski definition) is 4. The quantitative estimate of drug-likeness (QED) is 0.807. The molecule has 2 fully saturated rings. The van der Waals surface area contributed by atoms with Crippen LogP contribution in [0.15, 0.2) is 4.52 Å². The van der Waals surface area contributed by atoms with E-state index in [2.05, 4.69) is 17.0 Å². The molecule has 0 radical (unpaired) electrons. The number of aromatic nitrogens is 1. The van der Waals surface area contributed by atoms with Gasteiger partial charge in [-0.25, -0.2) is 0 Å².